The number of hydrogen-bond donors (Lipinski definition) is 3. The van der Waals surface area contributed by atoms with E-state index in [1.165, 1.54) is 34.9 Å². The highest BCUT2D eigenvalue weighted by Crippen LogP contribution is 2.37. The van der Waals surface area contributed by atoms with Crippen molar-refractivity contribution in [3.63, 3.8) is 0 Å². The first-order chi connectivity index (χ1) is 19.4. The van der Waals surface area contributed by atoms with Gasteiger partial charge in [0, 0.05) is 28.1 Å². The van der Waals surface area contributed by atoms with Crippen molar-refractivity contribution in [2.24, 2.45) is 0 Å². The molecule has 0 saturated carbocycles. The first kappa shape index (κ1) is 32.2. The predicted molar refractivity (Wildman–Crippen MR) is 153 cm³/mol. The molecule has 1 aromatic heterocycles. The lowest BCUT2D eigenvalue weighted by Crippen LogP contribution is -2.40. The summed E-state index contributed by atoms with van der Waals surface area (Å²) >= 11 is 12.2. The lowest BCUT2D eigenvalue weighted by atomic mass is 9.88. The number of nitrogens with zero attached hydrogens (tertiary/aromatic N) is 4. The zero-order valence-electron chi connectivity index (χ0n) is 23.5. The molecule has 0 saturated heterocycles. The molecule has 11 nitrogen and oxygen atoms in total. The number of halogens is 3. The molecule has 0 spiro atoms. The SMILES string of the molecule is CC(C)(C)c1c(C(=O)NCc2ccc(Cl)c(Oc3cc(Cl)cc(C#N)c3)c2F)nc(N(C(=O)O)C(=O)O)n1C(C)(C)C. The van der Waals surface area contributed by atoms with Crippen LogP contribution >= 0.6 is 23.2 Å². The minimum absolute atomic E-state index is 0.0178. The Kier molecular flexibility index (Phi) is 9.10. The van der Waals surface area contributed by atoms with E-state index in [0.717, 1.165) is 0 Å². The average Bonchev–Trinajstić information content (AvgIpc) is 3.26. The van der Waals surface area contributed by atoms with Crippen LogP contribution in [0.25, 0.3) is 0 Å². The fourth-order valence-corrected chi connectivity index (χ4v) is 4.57. The van der Waals surface area contributed by atoms with Crippen LogP contribution in [0, 0.1) is 17.1 Å². The molecule has 3 amide bonds. The van der Waals surface area contributed by atoms with Gasteiger partial charge in [-0.25, -0.2) is 19.0 Å². The second kappa shape index (κ2) is 11.9. The van der Waals surface area contributed by atoms with Crippen molar-refractivity contribution in [2.45, 2.75) is 59.0 Å². The van der Waals surface area contributed by atoms with Crippen molar-refractivity contribution in [1.82, 2.24) is 14.9 Å². The van der Waals surface area contributed by atoms with E-state index in [1.807, 2.05) is 6.07 Å². The third-order valence-corrected chi connectivity index (χ3v) is 6.34. The summed E-state index contributed by atoms with van der Waals surface area (Å²) in [5, 5.41) is 31.1. The maximum absolute atomic E-state index is 15.5. The molecule has 3 aromatic rings. The highest BCUT2D eigenvalue weighted by atomic mass is 35.5. The molecule has 0 aliphatic carbocycles. The highest BCUT2D eigenvalue weighted by Gasteiger charge is 2.39. The van der Waals surface area contributed by atoms with Crippen LogP contribution in [0.15, 0.2) is 30.3 Å². The van der Waals surface area contributed by atoms with Gasteiger partial charge in [0.2, 0.25) is 5.95 Å². The van der Waals surface area contributed by atoms with Crippen LogP contribution in [-0.4, -0.2) is 37.9 Å². The molecule has 1 heterocycles. The van der Waals surface area contributed by atoms with Gasteiger partial charge in [-0.3, -0.25) is 4.79 Å². The van der Waals surface area contributed by atoms with Crippen LogP contribution < -0.4 is 15.0 Å². The Morgan fingerprint density at radius 1 is 1.10 bits per heavy atom. The van der Waals surface area contributed by atoms with Crippen LogP contribution in [0.1, 0.15) is 68.9 Å². The summed E-state index contributed by atoms with van der Waals surface area (Å²) in [6.07, 6.45) is -3.61. The zero-order valence-corrected chi connectivity index (χ0v) is 25.1. The molecule has 3 N–H and O–H groups in total. The smallest absolute Gasteiger partial charge is 0.424 e. The van der Waals surface area contributed by atoms with Gasteiger partial charge in [-0.2, -0.15) is 5.26 Å². The van der Waals surface area contributed by atoms with Crippen LogP contribution in [0.5, 0.6) is 11.5 Å². The number of carbonyl (C=O) groups is 3. The van der Waals surface area contributed by atoms with Crippen LogP contribution in [0.4, 0.5) is 19.9 Å². The molecular formula is C28H28Cl2FN5O6. The van der Waals surface area contributed by atoms with Gasteiger partial charge in [0.25, 0.3) is 5.91 Å². The molecule has 3 rings (SSSR count). The summed E-state index contributed by atoms with van der Waals surface area (Å²) in [4.78, 5) is 41.4. The molecule has 0 radical (unpaired) electrons. The minimum atomic E-state index is -1.80. The number of carboxylic acid groups (broad SMARTS) is 2. The summed E-state index contributed by atoms with van der Waals surface area (Å²) in [5.74, 6) is -2.46. The van der Waals surface area contributed by atoms with E-state index in [4.69, 9.17) is 33.2 Å². The number of benzene rings is 2. The van der Waals surface area contributed by atoms with Gasteiger partial charge in [-0.15, -0.1) is 4.90 Å². The molecule has 0 aliphatic heterocycles. The number of ether oxygens (including phenoxy) is 1. The standard InChI is InChI=1S/C28H28Cl2FN5O6/c1-27(2,3)22-20(34-24(36(22)28(4,5)6)35(25(38)39)26(40)41)23(37)33-13-15-7-8-18(30)21(19(15)31)42-17-10-14(12-32)9-16(29)11-17/h7-11H,13H2,1-6H3,(H,33,37)(H,38,39)(H,40,41). The predicted octanol–water partition coefficient (Wildman–Crippen LogP) is 7.14. The Hall–Kier alpha value is -4.34. The van der Waals surface area contributed by atoms with Gasteiger partial charge in [0.1, 0.15) is 5.75 Å². The molecule has 0 atom stereocenters. The third-order valence-electron chi connectivity index (χ3n) is 5.83. The highest BCUT2D eigenvalue weighted by molar-refractivity contribution is 6.32. The molecule has 222 valence electrons. The topological polar surface area (TPSA) is 158 Å². The fraction of sp³-hybridized carbons (Fsp3) is 0.321. The summed E-state index contributed by atoms with van der Waals surface area (Å²) in [5.41, 5.74) is -1.49. The van der Waals surface area contributed by atoms with Crippen molar-refractivity contribution < 1.29 is 33.7 Å². The number of aromatic nitrogens is 2. The molecular weight excluding hydrogens is 592 g/mol. The third kappa shape index (κ3) is 6.75. The lowest BCUT2D eigenvalue weighted by Gasteiger charge is -2.32. The van der Waals surface area contributed by atoms with E-state index in [9.17, 15) is 24.6 Å². The van der Waals surface area contributed by atoms with Crippen molar-refractivity contribution in [3.05, 3.63) is 68.7 Å². The molecule has 42 heavy (non-hydrogen) atoms. The van der Waals surface area contributed by atoms with Gasteiger partial charge in [-0.05, 0) is 45.0 Å². The van der Waals surface area contributed by atoms with Crippen molar-refractivity contribution in [2.75, 3.05) is 4.90 Å². The van der Waals surface area contributed by atoms with Gasteiger partial charge < -0.3 is 24.8 Å². The normalized spacial score (nSPS) is 11.5. The number of carbonyl (C=O) groups excluding carboxylic acids is 1. The Bertz CT molecular complexity index is 1600. The summed E-state index contributed by atoms with van der Waals surface area (Å²) in [6.45, 7) is 10.0. The molecule has 0 bridgehead atoms. The van der Waals surface area contributed by atoms with Gasteiger partial charge in [-0.1, -0.05) is 50.0 Å². The maximum atomic E-state index is 15.5. The van der Waals surface area contributed by atoms with Gasteiger partial charge >= 0.3 is 12.2 Å². The van der Waals surface area contributed by atoms with E-state index >= 15 is 4.39 Å². The fourth-order valence-electron chi connectivity index (χ4n) is 4.16. The summed E-state index contributed by atoms with van der Waals surface area (Å²) in [7, 11) is 0. The Balaban J connectivity index is 2.03. The van der Waals surface area contributed by atoms with E-state index in [-0.39, 0.29) is 55.5 Å². The Morgan fingerprint density at radius 3 is 2.24 bits per heavy atom. The number of amides is 3. The number of nitrogens with one attached hydrogen (secondary N) is 1. The largest absolute Gasteiger partial charge is 0.464 e. The van der Waals surface area contributed by atoms with Gasteiger partial charge in [0.05, 0.1) is 22.3 Å². The van der Waals surface area contributed by atoms with Crippen LogP contribution in [-0.2, 0) is 17.5 Å². The quantitative estimate of drug-likeness (QED) is 0.262. The molecule has 0 aliphatic rings. The number of hydrogen-bond acceptors (Lipinski definition) is 6. The zero-order chi connectivity index (χ0) is 31.7. The molecule has 2 aromatic carbocycles. The maximum Gasteiger partial charge on any atom is 0.424 e. The first-order valence-electron chi connectivity index (χ1n) is 12.4. The number of imide groups is 1. The second-order valence-corrected chi connectivity index (χ2v) is 12.0. The molecule has 0 fully saturated rings. The van der Waals surface area contributed by atoms with Crippen molar-refractivity contribution in [3.8, 4) is 17.6 Å². The van der Waals surface area contributed by atoms with Crippen molar-refractivity contribution in [1.29, 1.82) is 5.26 Å². The van der Waals surface area contributed by atoms with E-state index in [2.05, 4.69) is 10.3 Å². The van der Waals surface area contributed by atoms with Crippen LogP contribution in [0.2, 0.25) is 10.0 Å². The summed E-state index contributed by atoms with van der Waals surface area (Å²) < 4.78 is 22.5. The van der Waals surface area contributed by atoms with Crippen molar-refractivity contribution >= 4 is 47.2 Å². The number of nitriles is 1. The average molecular weight is 620 g/mol. The lowest BCUT2D eigenvalue weighted by molar-refractivity contribution is 0.0942. The second-order valence-electron chi connectivity index (χ2n) is 11.2. The minimum Gasteiger partial charge on any atom is -0.464 e. The van der Waals surface area contributed by atoms with E-state index in [1.54, 1.807) is 41.5 Å². The summed E-state index contributed by atoms with van der Waals surface area (Å²) in [6, 6.07) is 8.75. The monoisotopic (exact) mass is 619 g/mol. The Labute approximate surface area is 251 Å². The Morgan fingerprint density at radius 2 is 1.71 bits per heavy atom. The number of rotatable bonds is 6. The van der Waals surface area contributed by atoms with E-state index in [0.29, 0.717) is 0 Å². The number of imidazole rings is 1. The van der Waals surface area contributed by atoms with Gasteiger partial charge in [0.15, 0.2) is 17.3 Å². The molecule has 14 heteroatoms. The van der Waals surface area contributed by atoms with E-state index < -0.39 is 40.8 Å². The molecule has 0 unspecified atom stereocenters. The van der Waals surface area contributed by atoms with Crippen LogP contribution in [0.3, 0.4) is 0 Å². The first-order valence-corrected chi connectivity index (χ1v) is 13.2. The number of anilines is 1.